The topological polar surface area (TPSA) is 101 Å². The van der Waals surface area contributed by atoms with Crippen molar-refractivity contribution in [1.82, 2.24) is 10.1 Å². The fourth-order valence-corrected chi connectivity index (χ4v) is 4.10. The Morgan fingerprint density at radius 3 is 2.36 bits per heavy atom. The number of sulfonamides is 1. The van der Waals surface area contributed by atoms with Gasteiger partial charge in [0.25, 0.3) is 5.91 Å². The van der Waals surface area contributed by atoms with E-state index >= 15 is 0 Å². The van der Waals surface area contributed by atoms with Crippen LogP contribution in [0.3, 0.4) is 0 Å². The van der Waals surface area contributed by atoms with Gasteiger partial charge in [0, 0.05) is 11.6 Å². The Labute approximate surface area is 131 Å². The maximum Gasteiger partial charge on any atom is 0.265 e. The summed E-state index contributed by atoms with van der Waals surface area (Å²) in [6.45, 7) is 0. The van der Waals surface area contributed by atoms with Crippen LogP contribution in [0.25, 0.3) is 0 Å². The van der Waals surface area contributed by atoms with Crippen LogP contribution in [0.4, 0.5) is 0 Å². The molecule has 0 saturated heterocycles. The molecule has 1 aromatic rings. The number of benzene rings is 1. The van der Waals surface area contributed by atoms with Gasteiger partial charge in [0.15, 0.2) is 0 Å². The minimum Gasteiger partial charge on any atom is -0.290 e. The summed E-state index contributed by atoms with van der Waals surface area (Å²) in [6.07, 6.45) is 7.36. The Morgan fingerprint density at radius 2 is 1.73 bits per heavy atom. The van der Waals surface area contributed by atoms with Crippen molar-refractivity contribution in [2.75, 3.05) is 0 Å². The smallest absolute Gasteiger partial charge is 0.265 e. The lowest BCUT2D eigenvalue weighted by Crippen LogP contribution is -2.35. The monoisotopic (exact) mass is 325 g/mol. The lowest BCUT2D eigenvalue weighted by molar-refractivity contribution is 0.0953. The second-order valence-corrected chi connectivity index (χ2v) is 7.38. The van der Waals surface area contributed by atoms with Crippen molar-refractivity contribution < 1.29 is 13.2 Å². The Kier molecular flexibility index (Phi) is 5.93. The van der Waals surface area contributed by atoms with E-state index in [0.29, 0.717) is 0 Å². The van der Waals surface area contributed by atoms with E-state index in [1.54, 1.807) is 0 Å². The maximum absolute atomic E-state index is 12.5. The van der Waals surface area contributed by atoms with Crippen LogP contribution in [0.5, 0.6) is 0 Å². The zero-order chi connectivity index (χ0) is 16.0. The van der Waals surface area contributed by atoms with Gasteiger partial charge in [-0.2, -0.15) is 0 Å². The van der Waals surface area contributed by atoms with E-state index in [9.17, 15) is 13.2 Å². The van der Waals surface area contributed by atoms with Gasteiger partial charge in [-0.3, -0.25) is 10.2 Å². The molecule has 1 amide bonds. The molecule has 1 saturated carbocycles. The quantitative estimate of drug-likeness (QED) is 0.445. The predicted molar refractivity (Wildman–Crippen MR) is 84.5 cm³/mol. The van der Waals surface area contributed by atoms with Crippen molar-refractivity contribution in [2.24, 2.45) is 5.84 Å². The summed E-state index contributed by atoms with van der Waals surface area (Å²) >= 11 is 0. The number of rotatable bonds is 4. The molecule has 4 N–H and O–H groups in total. The van der Waals surface area contributed by atoms with E-state index in [2.05, 4.69) is 4.72 Å². The molecule has 22 heavy (non-hydrogen) atoms. The average Bonchev–Trinajstić information content (AvgIpc) is 2.49. The van der Waals surface area contributed by atoms with Crippen molar-refractivity contribution in [1.29, 1.82) is 0 Å². The first-order valence-corrected chi connectivity index (χ1v) is 9.14. The summed E-state index contributed by atoms with van der Waals surface area (Å²) < 4.78 is 27.7. The number of hydrogen-bond donors (Lipinski definition) is 3. The fourth-order valence-electron chi connectivity index (χ4n) is 2.75. The molecule has 0 aromatic heterocycles. The first-order chi connectivity index (χ1) is 10.5. The summed E-state index contributed by atoms with van der Waals surface area (Å²) in [5.74, 6) is 4.57. The van der Waals surface area contributed by atoms with Gasteiger partial charge in [-0.05, 0) is 31.0 Å². The number of carbonyl (C=O) groups excluding carboxylic acids is 1. The van der Waals surface area contributed by atoms with E-state index in [1.807, 2.05) is 5.43 Å². The van der Waals surface area contributed by atoms with E-state index in [1.165, 1.54) is 30.7 Å². The van der Waals surface area contributed by atoms with Crippen molar-refractivity contribution in [2.45, 2.75) is 55.9 Å². The SMILES string of the molecule is NNC(=O)c1cccc(S(=O)(=O)NC2CCCCCCC2)c1. The normalized spacial score (nSPS) is 17.5. The second kappa shape index (κ2) is 7.71. The molecule has 1 aliphatic carbocycles. The Morgan fingerprint density at radius 1 is 1.09 bits per heavy atom. The average molecular weight is 325 g/mol. The van der Waals surface area contributed by atoms with Crippen LogP contribution >= 0.6 is 0 Å². The third kappa shape index (κ3) is 4.53. The first-order valence-electron chi connectivity index (χ1n) is 7.66. The Bertz CT molecular complexity index is 608. The van der Waals surface area contributed by atoms with Crippen molar-refractivity contribution in [3.63, 3.8) is 0 Å². The van der Waals surface area contributed by atoms with Crippen LogP contribution in [0.2, 0.25) is 0 Å². The van der Waals surface area contributed by atoms with Gasteiger partial charge in [-0.1, -0.05) is 38.2 Å². The van der Waals surface area contributed by atoms with Gasteiger partial charge in [-0.15, -0.1) is 0 Å². The van der Waals surface area contributed by atoms with Crippen LogP contribution < -0.4 is 16.0 Å². The molecular weight excluding hydrogens is 302 g/mol. The largest absolute Gasteiger partial charge is 0.290 e. The maximum atomic E-state index is 12.5. The summed E-state index contributed by atoms with van der Waals surface area (Å²) in [6, 6.07) is 5.86. The molecule has 0 spiro atoms. The Balaban J connectivity index is 2.13. The van der Waals surface area contributed by atoms with Crippen molar-refractivity contribution in [3.05, 3.63) is 29.8 Å². The second-order valence-electron chi connectivity index (χ2n) is 5.66. The number of hydrogen-bond acceptors (Lipinski definition) is 4. The van der Waals surface area contributed by atoms with Crippen molar-refractivity contribution in [3.8, 4) is 0 Å². The zero-order valence-electron chi connectivity index (χ0n) is 12.5. The van der Waals surface area contributed by atoms with Crippen LogP contribution in [-0.2, 0) is 10.0 Å². The highest BCUT2D eigenvalue weighted by atomic mass is 32.2. The van der Waals surface area contributed by atoms with E-state index in [-0.39, 0.29) is 16.5 Å². The van der Waals surface area contributed by atoms with Gasteiger partial charge in [0.1, 0.15) is 0 Å². The highest BCUT2D eigenvalue weighted by molar-refractivity contribution is 7.89. The standard InChI is InChI=1S/C15H23N3O3S/c16-17-15(19)12-7-6-10-14(11-12)22(20,21)18-13-8-4-2-1-3-5-9-13/h6-7,10-11,13,18H,1-5,8-9,16H2,(H,17,19). The third-order valence-electron chi connectivity index (χ3n) is 3.96. The predicted octanol–water partition coefficient (Wildman–Crippen LogP) is 1.68. The third-order valence-corrected chi connectivity index (χ3v) is 5.48. The molecule has 0 unspecified atom stereocenters. The van der Waals surface area contributed by atoms with Crippen LogP contribution in [0.15, 0.2) is 29.2 Å². The highest BCUT2D eigenvalue weighted by Crippen LogP contribution is 2.19. The fraction of sp³-hybridized carbons (Fsp3) is 0.533. The number of nitrogen functional groups attached to an aromatic ring is 1. The summed E-state index contributed by atoms with van der Waals surface area (Å²) in [5.41, 5.74) is 2.23. The van der Waals surface area contributed by atoms with E-state index in [4.69, 9.17) is 5.84 Å². The van der Waals surface area contributed by atoms with Gasteiger partial charge < -0.3 is 0 Å². The number of amides is 1. The molecule has 0 aliphatic heterocycles. The molecule has 0 bridgehead atoms. The minimum absolute atomic E-state index is 0.0303. The number of nitrogens with two attached hydrogens (primary N) is 1. The summed E-state index contributed by atoms with van der Waals surface area (Å²) in [7, 11) is -3.62. The summed E-state index contributed by atoms with van der Waals surface area (Å²) in [4.78, 5) is 11.6. The summed E-state index contributed by atoms with van der Waals surface area (Å²) in [5, 5.41) is 0. The van der Waals surface area contributed by atoms with E-state index in [0.717, 1.165) is 38.5 Å². The van der Waals surface area contributed by atoms with Gasteiger partial charge in [-0.25, -0.2) is 19.0 Å². The highest BCUT2D eigenvalue weighted by Gasteiger charge is 2.21. The van der Waals surface area contributed by atoms with Gasteiger partial charge in [0.05, 0.1) is 4.90 Å². The van der Waals surface area contributed by atoms with Gasteiger partial charge >= 0.3 is 0 Å². The molecule has 1 aromatic carbocycles. The molecule has 0 radical (unpaired) electrons. The molecule has 1 aliphatic rings. The zero-order valence-corrected chi connectivity index (χ0v) is 13.4. The Hall–Kier alpha value is -1.44. The molecule has 6 nitrogen and oxygen atoms in total. The molecule has 7 heteroatoms. The van der Waals surface area contributed by atoms with E-state index < -0.39 is 15.9 Å². The molecule has 0 atom stereocenters. The lowest BCUT2D eigenvalue weighted by atomic mass is 9.97. The van der Waals surface area contributed by atoms with Crippen LogP contribution in [0.1, 0.15) is 55.3 Å². The number of hydrazine groups is 1. The van der Waals surface area contributed by atoms with Gasteiger partial charge in [0.2, 0.25) is 10.0 Å². The number of carbonyl (C=O) groups is 1. The lowest BCUT2D eigenvalue weighted by Gasteiger charge is -2.21. The van der Waals surface area contributed by atoms with Crippen LogP contribution in [0, 0.1) is 0 Å². The van der Waals surface area contributed by atoms with Crippen LogP contribution in [-0.4, -0.2) is 20.4 Å². The molecule has 2 rings (SSSR count). The first kappa shape index (κ1) is 16.9. The molecular formula is C15H23N3O3S. The number of nitrogens with one attached hydrogen (secondary N) is 2. The molecule has 122 valence electrons. The minimum atomic E-state index is -3.62. The van der Waals surface area contributed by atoms with Crippen molar-refractivity contribution >= 4 is 15.9 Å². The molecule has 0 heterocycles. The molecule has 1 fully saturated rings.